The van der Waals surface area contributed by atoms with E-state index >= 15 is 0 Å². The van der Waals surface area contributed by atoms with Crippen molar-refractivity contribution >= 4 is 17.3 Å². The summed E-state index contributed by atoms with van der Waals surface area (Å²) < 4.78 is 0. The molecule has 1 N–H and O–H groups in total. The van der Waals surface area contributed by atoms with E-state index in [0.717, 1.165) is 11.3 Å². The number of benzene rings is 1. The maximum Gasteiger partial charge on any atom is 0.217 e. The quantitative estimate of drug-likeness (QED) is 0.758. The minimum absolute atomic E-state index is 0.236. The zero-order valence-electron chi connectivity index (χ0n) is 9.91. The van der Waals surface area contributed by atoms with E-state index in [-0.39, 0.29) is 5.54 Å². The van der Waals surface area contributed by atoms with Crippen molar-refractivity contribution in [1.82, 2.24) is 0 Å². The van der Waals surface area contributed by atoms with Gasteiger partial charge in [-0.3, -0.25) is 0 Å². The second kappa shape index (κ2) is 3.36. The second-order valence-electron chi connectivity index (χ2n) is 5.20. The SMILES string of the molecule is CC1(O)ON(C(C)(C)C)c2cc(Cl)ccc21. The molecular formula is C12H16ClNO2. The molecule has 0 fully saturated rings. The Bertz CT molecular complexity index is 424. The molecule has 3 nitrogen and oxygen atoms in total. The molecule has 0 radical (unpaired) electrons. The first-order valence-corrected chi connectivity index (χ1v) is 5.61. The molecule has 4 heteroatoms. The number of fused-ring (bicyclic) bond motifs is 1. The topological polar surface area (TPSA) is 32.7 Å². The summed E-state index contributed by atoms with van der Waals surface area (Å²) in [6.07, 6.45) is 0. The number of nitrogens with zero attached hydrogens (tertiary/aromatic N) is 1. The van der Waals surface area contributed by atoms with Gasteiger partial charge in [-0.05, 0) is 45.9 Å². The summed E-state index contributed by atoms with van der Waals surface area (Å²) in [5.74, 6) is -1.28. The third-order valence-corrected chi connectivity index (χ3v) is 2.79. The van der Waals surface area contributed by atoms with E-state index < -0.39 is 5.79 Å². The van der Waals surface area contributed by atoms with Crippen LogP contribution < -0.4 is 5.06 Å². The van der Waals surface area contributed by atoms with Crippen LogP contribution in [0.25, 0.3) is 0 Å². The second-order valence-corrected chi connectivity index (χ2v) is 5.64. The van der Waals surface area contributed by atoms with Crippen LogP contribution in [0, 0.1) is 0 Å². The fourth-order valence-corrected chi connectivity index (χ4v) is 2.01. The molecule has 1 aliphatic heterocycles. The van der Waals surface area contributed by atoms with Gasteiger partial charge in [-0.15, -0.1) is 0 Å². The minimum atomic E-state index is -1.28. The van der Waals surface area contributed by atoms with Crippen LogP contribution in [0.1, 0.15) is 33.3 Å². The van der Waals surface area contributed by atoms with Gasteiger partial charge in [0.25, 0.3) is 0 Å². The molecule has 16 heavy (non-hydrogen) atoms. The summed E-state index contributed by atoms with van der Waals surface area (Å²) in [5.41, 5.74) is 1.33. The lowest BCUT2D eigenvalue weighted by molar-refractivity contribution is -0.201. The number of hydrogen-bond donors (Lipinski definition) is 1. The molecular weight excluding hydrogens is 226 g/mol. The highest BCUT2D eigenvalue weighted by molar-refractivity contribution is 6.30. The van der Waals surface area contributed by atoms with Gasteiger partial charge in [0.2, 0.25) is 5.79 Å². The van der Waals surface area contributed by atoms with Crippen LogP contribution in [0.2, 0.25) is 5.02 Å². The van der Waals surface area contributed by atoms with Crippen molar-refractivity contribution < 1.29 is 9.94 Å². The van der Waals surface area contributed by atoms with Crippen molar-refractivity contribution in [3.05, 3.63) is 28.8 Å². The summed E-state index contributed by atoms with van der Waals surface area (Å²) in [7, 11) is 0. The highest BCUT2D eigenvalue weighted by atomic mass is 35.5. The van der Waals surface area contributed by atoms with Crippen LogP contribution in [0.5, 0.6) is 0 Å². The van der Waals surface area contributed by atoms with Crippen LogP contribution in [-0.4, -0.2) is 10.6 Å². The Kier molecular flexibility index (Phi) is 2.46. The molecule has 0 bridgehead atoms. The maximum absolute atomic E-state index is 10.2. The van der Waals surface area contributed by atoms with Crippen LogP contribution in [0.3, 0.4) is 0 Å². The average Bonchev–Trinajstić information content (AvgIpc) is 2.37. The van der Waals surface area contributed by atoms with Gasteiger partial charge >= 0.3 is 0 Å². The number of anilines is 1. The molecule has 88 valence electrons. The predicted molar refractivity (Wildman–Crippen MR) is 64.3 cm³/mol. The van der Waals surface area contributed by atoms with Crippen molar-refractivity contribution in [1.29, 1.82) is 0 Å². The average molecular weight is 242 g/mol. The van der Waals surface area contributed by atoms with Crippen molar-refractivity contribution in [2.75, 3.05) is 5.06 Å². The summed E-state index contributed by atoms with van der Waals surface area (Å²) in [4.78, 5) is 5.57. The summed E-state index contributed by atoms with van der Waals surface area (Å²) in [6.45, 7) is 7.67. The van der Waals surface area contributed by atoms with Gasteiger partial charge in [-0.25, -0.2) is 9.90 Å². The molecule has 1 aliphatic rings. The van der Waals surface area contributed by atoms with E-state index in [0.29, 0.717) is 5.02 Å². The van der Waals surface area contributed by atoms with Gasteiger partial charge < -0.3 is 5.11 Å². The minimum Gasteiger partial charge on any atom is -0.360 e. The lowest BCUT2D eigenvalue weighted by atomic mass is 10.0. The van der Waals surface area contributed by atoms with Gasteiger partial charge in [0, 0.05) is 10.6 Å². The Morgan fingerprint density at radius 2 is 2.00 bits per heavy atom. The Labute approximate surface area is 101 Å². The molecule has 1 aromatic carbocycles. The van der Waals surface area contributed by atoms with Gasteiger partial charge in [-0.2, -0.15) is 0 Å². The Balaban J connectivity index is 2.56. The molecule has 0 spiro atoms. The van der Waals surface area contributed by atoms with E-state index in [4.69, 9.17) is 16.4 Å². The molecule has 0 amide bonds. The fourth-order valence-electron chi connectivity index (χ4n) is 1.84. The third-order valence-electron chi connectivity index (χ3n) is 2.56. The van der Waals surface area contributed by atoms with Gasteiger partial charge in [0.1, 0.15) is 0 Å². The first-order chi connectivity index (χ1) is 7.22. The van der Waals surface area contributed by atoms with E-state index in [2.05, 4.69) is 0 Å². The number of rotatable bonds is 0. The van der Waals surface area contributed by atoms with Gasteiger partial charge in [0.05, 0.1) is 11.2 Å². The molecule has 2 rings (SSSR count). The van der Waals surface area contributed by atoms with Crippen molar-refractivity contribution in [3.8, 4) is 0 Å². The lowest BCUT2D eigenvalue weighted by Gasteiger charge is -2.33. The van der Waals surface area contributed by atoms with E-state index in [1.807, 2.05) is 26.8 Å². The van der Waals surface area contributed by atoms with Crippen molar-refractivity contribution in [3.63, 3.8) is 0 Å². The predicted octanol–water partition coefficient (Wildman–Crippen LogP) is 3.06. The summed E-state index contributed by atoms with van der Waals surface area (Å²) in [6, 6.07) is 5.36. The monoisotopic (exact) mass is 241 g/mol. The number of hydroxylamine groups is 1. The smallest absolute Gasteiger partial charge is 0.217 e. The molecule has 1 atom stereocenters. The highest BCUT2D eigenvalue weighted by Gasteiger charge is 2.43. The van der Waals surface area contributed by atoms with Crippen LogP contribution >= 0.6 is 11.6 Å². The molecule has 0 saturated heterocycles. The summed E-state index contributed by atoms with van der Waals surface area (Å²) in [5, 5.41) is 12.5. The third kappa shape index (κ3) is 1.79. The van der Waals surface area contributed by atoms with Crippen LogP contribution in [0.15, 0.2) is 18.2 Å². The van der Waals surface area contributed by atoms with Crippen molar-refractivity contribution in [2.45, 2.75) is 39.0 Å². The zero-order valence-corrected chi connectivity index (χ0v) is 10.7. The van der Waals surface area contributed by atoms with E-state index in [1.165, 1.54) is 0 Å². The molecule has 0 aliphatic carbocycles. The molecule has 1 unspecified atom stereocenters. The highest BCUT2D eigenvalue weighted by Crippen LogP contribution is 2.44. The first kappa shape index (κ1) is 11.7. The van der Waals surface area contributed by atoms with Crippen molar-refractivity contribution in [2.24, 2.45) is 0 Å². The Morgan fingerprint density at radius 1 is 1.38 bits per heavy atom. The Hall–Kier alpha value is -0.770. The van der Waals surface area contributed by atoms with Crippen LogP contribution in [-0.2, 0) is 10.6 Å². The molecule has 0 aromatic heterocycles. The van der Waals surface area contributed by atoms with E-state index in [9.17, 15) is 5.11 Å². The number of hydrogen-bond acceptors (Lipinski definition) is 3. The standard InChI is InChI=1S/C12H16ClNO2/c1-11(2,3)14-10-7-8(13)5-6-9(10)12(4,15)16-14/h5-7,15H,1-4H3. The Morgan fingerprint density at radius 3 is 2.56 bits per heavy atom. The number of aliphatic hydroxyl groups is 1. The lowest BCUT2D eigenvalue weighted by Crippen LogP contribution is -2.41. The fraction of sp³-hybridized carbons (Fsp3) is 0.500. The molecule has 1 aromatic rings. The molecule has 1 heterocycles. The van der Waals surface area contributed by atoms with Gasteiger partial charge in [-0.1, -0.05) is 11.6 Å². The maximum atomic E-state index is 10.2. The normalized spacial score (nSPS) is 24.8. The van der Waals surface area contributed by atoms with Crippen LogP contribution in [0.4, 0.5) is 5.69 Å². The summed E-state index contributed by atoms with van der Waals surface area (Å²) >= 11 is 5.97. The van der Waals surface area contributed by atoms with E-state index in [1.54, 1.807) is 24.1 Å². The van der Waals surface area contributed by atoms with Gasteiger partial charge in [0.15, 0.2) is 0 Å². The first-order valence-electron chi connectivity index (χ1n) is 5.23. The largest absolute Gasteiger partial charge is 0.360 e. The molecule has 0 saturated carbocycles. The number of halogens is 1. The zero-order chi connectivity index (χ0) is 12.1.